The number of anilines is 1. The average molecular weight is 303 g/mol. The zero-order valence-electron chi connectivity index (χ0n) is 10.8. The summed E-state index contributed by atoms with van der Waals surface area (Å²) in [5.41, 5.74) is 1.05. The summed E-state index contributed by atoms with van der Waals surface area (Å²) >= 11 is 11.8. The van der Waals surface area contributed by atoms with Gasteiger partial charge in [0.1, 0.15) is 0 Å². The summed E-state index contributed by atoms with van der Waals surface area (Å²) in [5, 5.41) is 3.80. The zero-order valence-corrected chi connectivity index (χ0v) is 12.4. The second kappa shape index (κ2) is 4.80. The lowest BCUT2D eigenvalue weighted by molar-refractivity contribution is 0.285. The van der Waals surface area contributed by atoms with Gasteiger partial charge in [0.15, 0.2) is 5.82 Å². The van der Waals surface area contributed by atoms with Crippen molar-refractivity contribution in [3.8, 4) is 0 Å². The van der Waals surface area contributed by atoms with Gasteiger partial charge in [-0.1, -0.05) is 23.2 Å². The lowest BCUT2D eigenvalue weighted by Gasteiger charge is -2.43. The average Bonchev–Trinajstić information content (AvgIpc) is 3.20. The fourth-order valence-electron chi connectivity index (χ4n) is 2.95. The molecule has 3 rings (SSSR count). The van der Waals surface area contributed by atoms with E-state index in [2.05, 4.69) is 17.1 Å². The summed E-state index contributed by atoms with van der Waals surface area (Å²) in [5.74, 6) is 0.217. The van der Waals surface area contributed by atoms with Crippen molar-refractivity contribution in [2.75, 3.05) is 24.5 Å². The SMILES string of the molecule is CC1(C2CC2)CN(c2cc(Cl)c(F)c(Cl)c2)CCN1. The molecule has 0 bridgehead atoms. The molecule has 0 amide bonds. The molecule has 5 heteroatoms. The summed E-state index contributed by atoms with van der Waals surface area (Å²) in [6.45, 7) is 5.00. The summed E-state index contributed by atoms with van der Waals surface area (Å²) in [6, 6.07) is 3.34. The molecule has 1 atom stereocenters. The van der Waals surface area contributed by atoms with Gasteiger partial charge in [0.05, 0.1) is 10.0 Å². The van der Waals surface area contributed by atoms with Crippen molar-refractivity contribution in [2.45, 2.75) is 25.3 Å². The number of halogens is 3. The maximum atomic E-state index is 13.5. The Balaban J connectivity index is 1.85. The first-order valence-electron chi connectivity index (χ1n) is 6.64. The van der Waals surface area contributed by atoms with Gasteiger partial charge >= 0.3 is 0 Å². The van der Waals surface area contributed by atoms with Crippen LogP contribution < -0.4 is 10.2 Å². The van der Waals surface area contributed by atoms with E-state index in [9.17, 15) is 4.39 Å². The summed E-state index contributed by atoms with van der Waals surface area (Å²) in [4.78, 5) is 2.24. The monoisotopic (exact) mass is 302 g/mol. The molecule has 2 nitrogen and oxygen atoms in total. The predicted octanol–water partition coefficient (Wildman–Crippen LogP) is 3.71. The van der Waals surface area contributed by atoms with E-state index in [4.69, 9.17) is 23.2 Å². The first-order chi connectivity index (χ1) is 8.99. The molecule has 0 aromatic heterocycles. The first kappa shape index (κ1) is 13.5. The summed E-state index contributed by atoms with van der Waals surface area (Å²) in [6.07, 6.45) is 2.59. The quantitative estimate of drug-likeness (QED) is 0.838. The van der Waals surface area contributed by atoms with Crippen LogP contribution in [0.5, 0.6) is 0 Å². The van der Waals surface area contributed by atoms with Crippen LogP contribution in [0.3, 0.4) is 0 Å². The van der Waals surface area contributed by atoms with Gasteiger partial charge in [-0.15, -0.1) is 0 Å². The second-order valence-electron chi connectivity index (χ2n) is 5.76. The molecule has 1 heterocycles. The number of benzene rings is 1. The standard InChI is InChI=1S/C14H17Cl2FN2/c1-14(9-2-3-9)8-19(5-4-18-14)10-6-11(15)13(17)12(16)7-10/h6-7,9,18H,2-5,8H2,1H3. The van der Waals surface area contributed by atoms with E-state index < -0.39 is 5.82 Å². The Morgan fingerprint density at radius 3 is 2.53 bits per heavy atom. The highest BCUT2D eigenvalue weighted by molar-refractivity contribution is 6.35. The Kier molecular flexibility index (Phi) is 3.40. The van der Waals surface area contributed by atoms with E-state index in [-0.39, 0.29) is 15.6 Å². The highest BCUT2D eigenvalue weighted by atomic mass is 35.5. The largest absolute Gasteiger partial charge is 0.368 e. The summed E-state index contributed by atoms with van der Waals surface area (Å²) in [7, 11) is 0. The molecule has 1 saturated heterocycles. The number of nitrogens with zero attached hydrogens (tertiary/aromatic N) is 1. The van der Waals surface area contributed by atoms with Crippen molar-refractivity contribution >= 4 is 28.9 Å². The molecule has 104 valence electrons. The van der Waals surface area contributed by atoms with Crippen LogP contribution in [0.4, 0.5) is 10.1 Å². The maximum Gasteiger partial charge on any atom is 0.160 e. The minimum atomic E-state index is -0.535. The van der Waals surface area contributed by atoms with Crippen LogP contribution in [0.1, 0.15) is 19.8 Å². The van der Waals surface area contributed by atoms with Crippen LogP contribution in [-0.4, -0.2) is 25.2 Å². The molecule has 2 aliphatic rings. The van der Waals surface area contributed by atoms with E-state index in [1.807, 2.05) is 0 Å². The Labute approximate surface area is 122 Å². The normalized spacial score (nSPS) is 27.7. The third kappa shape index (κ3) is 2.56. The summed E-state index contributed by atoms with van der Waals surface area (Å²) < 4.78 is 13.5. The van der Waals surface area contributed by atoms with E-state index >= 15 is 0 Å². The van der Waals surface area contributed by atoms with Gasteiger partial charge in [0, 0.05) is 30.9 Å². The Morgan fingerprint density at radius 1 is 1.32 bits per heavy atom. The van der Waals surface area contributed by atoms with Crippen LogP contribution in [0, 0.1) is 11.7 Å². The Morgan fingerprint density at radius 2 is 1.95 bits per heavy atom. The lowest BCUT2D eigenvalue weighted by atomic mass is 9.92. The number of hydrogen-bond donors (Lipinski definition) is 1. The van der Waals surface area contributed by atoms with Crippen LogP contribution in [-0.2, 0) is 0 Å². The van der Waals surface area contributed by atoms with Gasteiger partial charge in [-0.05, 0) is 37.8 Å². The molecule has 1 aliphatic carbocycles. The van der Waals surface area contributed by atoms with Crippen molar-refractivity contribution in [1.82, 2.24) is 5.32 Å². The van der Waals surface area contributed by atoms with Crippen molar-refractivity contribution in [1.29, 1.82) is 0 Å². The molecular weight excluding hydrogens is 286 g/mol. The third-order valence-electron chi connectivity index (χ3n) is 4.24. The van der Waals surface area contributed by atoms with Crippen molar-refractivity contribution in [3.63, 3.8) is 0 Å². The lowest BCUT2D eigenvalue weighted by Crippen LogP contribution is -2.60. The van der Waals surface area contributed by atoms with Crippen LogP contribution >= 0.6 is 23.2 Å². The van der Waals surface area contributed by atoms with Gasteiger partial charge in [-0.2, -0.15) is 0 Å². The highest BCUT2D eigenvalue weighted by Gasteiger charge is 2.43. The van der Waals surface area contributed by atoms with Gasteiger partial charge in [0.25, 0.3) is 0 Å². The Hall–Kier alpha value is -0.510. The first-order valence-corrected chi connectivity index (χ1v) is 7.40. The number of piperazine rings is 1. The molecule has 1 unspecified atom stereocenters. The molecular formula is C14H17Cl2FN2. The molecule has 1 aromatic rings. The molecule has 19 heavy (non-hydrogen) atoms. The van der Waals surface area contributed by atoms with Crippen molar-refractivity contribution in [2.24, 2.45) is 5.92 Å². The number of rotatable bonds is 2. The number of nitrogens with one attached hydrogen (secondary N) is 1. The molecule has 0 spiro atoms. The van der Waals surface area contributed by atoms with E-state index in [0.29, 0.717) is 0 Å². The van der Waals surface area contributed by atoms with Crippen molar-refractivity contribution in [3.05, 3.63) is 28.0 Å². The van der Waals surface area contributed by atoms with Crippen LogP contribution in [0.2, 0.25) is 10.0 Å². The van der Waals surface area contributed by atoms with E-state index in [1.165, 1.54) is 12.8 Å². The fraction of sp³-hybridized carbons (Fsp3) is 0.571. The Bertz CT molecular complexity index is 481. The fourth-order valence-corrected chi connectivity index (χ4v) is 3.42. The smallest absolute Gasteiger partial charge is 0.160 e. The molecule has 2 fully saturated rings. The van der Waals surface area contributed by atoms with Gasteiger partial charge in [0.2, 0.25) is 0 Å². The van der Waals surface area contributed by atoms with Gasteiger partial charge in [-0.25, -0.2) is 4.39 Å². The second-order valence-corrected chi connectivity index (χ2v) is 6.58. The van der Waals surface area contributed by atoms with Crippen molar-refractivity contribution < 1.29 is 4.39 Å². The van der Waals surface area contributed by atoms with E-state index in [1.54, 1.807) is 12.1 Å². The van der Waals surface area contributed by atoms with Crippen LogP contribution in [0.15, 0.2) is 12.1 Å². The number of hydrogen-bond acceptors (Lipinski definition) is 2. The minimum absolute atomic E-state index is 0.0918. The molecule has 1 aliphatic heterocycles. The highest BCUT2D eigenvalue weighted by Crippen LogP contribution is 2.41. The topological polar surface area (TPSA) is 15.3 Å². The van der Waals surface area contributed by atoms with Gasteiger partial charge < -0.3 is 10.2 Å². The van der Waals surface area contributed by atoms with E-state index in [0.717, 1.165) is 31.2 Å². The molecule has 1 aromatic carbocycles. The maximum absolute atomic E-state index is 13.5. The zero-order chi connectivity index (χ0) is 13.6. The van der Waals surface area contributed by atoms with Crippen LogP contribution in [0.25, 0.3) is 0 Å². The predicted molar refractivity (Wildman–Crippen MR) is 77.8 cm³/mol. The molecule has 0 radical (unpaired) electrons. The minimum Gasteiger partial charge on any atom is -0.368 e. The molecule has 1 saturated carbocycles. The third-order valence-corrected chi connectivity index (χ3v) is 4.79. The molecule has 1 N–H and O–H groups in total. The van der Waals surface area contributed by atoms with Gasteiger partial charge in [-0.3, -0.25) is 0 Å².